The Morgan fingerprint density at radius 1 is 1.11 bits per heavy atom. The van der Waals surface area contributed by atoms with Gasteiger partial charge in [0.05, 0.1) is 35.6 Å². The Labute approximate surface area is 207 Å². The van der Waals surface area contributed by atoms with Gasteiger partial charge in [-0.1, -0.05) is 6.58 Å². The van der Waals surface area contributed by atoms with Gasteiger partial charge in [0.2, 0.25) is 0 Å². The standard InChI is InChI=1S/C25H26N4O7/c1-14-11-20(28(10-9-21(30)31)13-16(3)36-35)12-15(2)22(14)26-23-17(4)27-29(24(23)32)19-7-5-18(6-8-19)25(33)34/h5-8,11-12,35H,3,9-10,13H2,1-2,4H3,(H,30,31)(H,33,34)/b26-23+. The number of aliphatic imine (C=N–C) groups is 1. The molecule has 1 heterocycles. The van der Waals surface area contributed by atoms with Crippen molar-refractivity contribution in [3.05, 3.63) is 65.4 Å². The fraction of sp³-hybridized carbons (Fsp3) is 0.240. The number of aromatic carboxylic acids is 1. The van der Waals surface area contributed by atoms with Crippen LogP contribution in [0.1, 0.15) is 34.8 Å². The van der Waals surface area contributed by atoms with Gasteiger partial charge >= 0.3 is 11.9 Å². The van der Waals surface area contributed by atoms with E-state index in [-0.39, 0.29) is 36.5 Å². The van der Waals surface area contributed by atoms with Crippen molar-refractivity contribution in [1.82, 2.24) is 0 Å². The predicted molar refractivity (Wildman–Crippen MR) is 134 cm³/mol. The van der Waals surface area contributed by atoms with Crippen LogP contribution in [0.2, 0.25) is 0 Å². The number of hydrazone groups is 1. The number of carboxylic acid groups (broad SMARTS) is 2. The number of rotatable bonds is 10. The van der Waals surface area contributed by atoms with Crippen LogP contribution in [-0.2, 0) is 14.5 Å². The first kappa shape index (κ1) is 26.1. The number of carboxylic acids is 2. The van der Waals surface area contributed by atoms with Gasteiger partial charge in [0.1, 0.15) is 0 Å². The van der Waals surface area contributed by atoms with Crippen LogP contribution in [0.3, 0.4) is 0 Å². The van der Waals surface area contributed by atoms with Crippen LogP contribution in [-0.4, -0.2) is 57.8 Å². The summed E-state index contributed by atoms with van der Waals surface area (Å²) in [6, 6.07) is 9.39. The average molecular weight is 495 g/mol. The van der Waals surface area contributed by atoms with Crippen LogP contribution in [0.15, 0.2) is 58.8 Å². The number of carbonyl (C=O) groups excluding carboxylic acids is 1. The lowest BCUT2D eigenvalue weighted by molar-refractivity contribution is -0.203. The maximum absolute atomic E-state index is 13.1. The number of carbonyl (C=O) groups is 3. The van der Waals surface area contributed by atoms with Gasteiger partial charge in [-0.15, -0.1) is 0 Å². The third kappa shape index (κ3) is 5.76. The van der Waals surface area contributed by atoms with E-state index in [1.165, 1.54) is 29.3 Å². The van der Waals surface area contributed by atoms with Crippen molar-refractivity contribution in [2.45, 2.75) is 27.2 Å². The summed E-state index contributed by atoms with van der Waals surface area (Å²) in [7, 11) is 0. The van der Waals surface area contributed by atoms with Crippen molar-refractivity contribution >= 4 is 46.3 Å². The first-order valence-corrected chi connectivity index (χ1v) is 10.9. The summed E-state index contributed by atoms with van der Waals surface area (Å²) >= 11 is 0. The van der Waals surface area contributed by atoms with Gasteiger partial charge in [0.25, 0.3) is 5.91 Å². The van der Waals surface area contributed by atoms with Crippen LogP contribution >= 0.6 is 0 Å². The summed E-state index contributed by atoms with van der Waals surface area (Å²) in [5, 5.41) is 32.5. The lowest BCUT2D eigenvalue weighted by atomic mass is 10.1. The number of anilines is 2. The van der Waals surface area contributed by atoms with E-state index >= 15 is 0 Å². The number of aliphatic carboxylic acids is 1. The van der Waals surface area contributed by atoms with Gasteiger partial charge in [0.15, 0.2) is 11.5 Å². The van der Waals surface area contributed by atoms with Crippen molar-refractivity contribution in [1.29, 1.82) is 0 Å². The van der Waals surface area contributed by atoms with Gasteiger partial charge in [-0.25, -0.2) is 15.0 Å². The van der Waals surface area contributed by atoms with Crippen LogP contribution in [0.25, 0.3) is 0 Å². The van der Waals surface area contributed by atoms with E-state index in [2.05, 4.69) is 21.6 Å². The monoisotopic (exact) mass is 494 g/mol. The van der Waals surface area contributed by atoms with E-state index in [0.717, 1.165) is 11.1 Å². The lowest BCUT2D eigenvalue weighted by Crippen LogP contribution is -2.29. The summed E-state index contributed by atoms with van der Waals surface area (Å²) in [6.45, 7) is 9.12. The van der Waals surface area contributed by atoms with Crippen LogP contribution in [0.4, 0.5) is 17.1 Å². The Morgan fingerprint density at radius 2 is 1.72 bits per heavy atom. The molecule has 2 aromatic carbocycles. The zero-order valence-electron chi connectivity index (χ0n) is 20.1. The second-order valence-electron chi connectivity index (χ2n) is 8.24. The molecule has 0 saturated carbocycles. The minimum atomic E-state index is -1.07. The predicted octanol–water partition coefficient (Wildman–Crippen LogP) is 3.78. The van der Waals surface area contributed by atoms with Crippen molar-refractivity contribution in [2.75, 3.05) is 23.0 Å². The van der Waals surface area contributed by atoms with Crippen LogP contribution < -0.4 is 9.91 Å². The van der Waals surface area contributed by atoms with Crippen molar-refractivity contribution in [3.8, 4) is 0 Å². The number of nitrogens with zero attached hydrogens (tertiary/aromatic N) is 4. The molecule has 188 valence electrons. The summed E-state index contributed by atoms with van der Waals surface area (Å²) < 4.78 is 0. The Morgan fingerprint density at radius 3 is 2.25 bits per heavy atom. The first-order chi connectivity index (χ1) is 17.0. The molecule has 1 aliphatic rings. The molecule has 0 spiro atoms. The summed E-state index contributed by atoms with van der Waals surface area (Å²) in [6.07, 6.45) is -0.131. The highest BCUT2D eigenvalue weighted by atomic mass is 17.1. The Kier molecular flexibility index (Phi) is 7.85. The van der Waals surface area contributed by atoms with Crippen LogP contribution in [0, 0.1) is 13.8 Å². The molecule has 11 heteroatoms. The zero-order chi connectivity index (χ0) is 26.6. The molecule has 11 nitrogen and oxygen atoms in total. The second-order valence-corrected chi connectivity index (χ2v) is 8.24. The van der Waals surface area contributed by atoms with Crippen LogP contribution in [0.5, 0.6) is 0 Å². The van der Waals surface area contributed by atoms with E-state index in [0.29, 0.717) is 22.8 Å². The van der Waals surface area contributed by atoms with E-state index < -0.39 is 17.8 Å². The Bertz CT molecular complexity index is 1260. The molecular formula is C25H26N4O7. The fourth-order valence-corrected chi connectivity index (χ4v) is 3.72. The molecule has 0 aromatic heterocycles. The molecule has 3 rings (SSSR count). The number of amides is 1. The molecule has 0 aliphatic carbocycles. The van der Waals surface area contributed by atoms with Gasteiger partial charge in [-0.05, 0) is 68.3 Å². The molecule has 3 N–H and O–H groups in total. The molecule has 0 unspecified atom stereocenters. The van der Waals surface area contributed by atoms with Gasteiger partial charge in [-0.3, -0.25) is 9.59 Å². The third-order valence-corrected chi connectivity index (χ3v) is 5.50. The number of aryl methyl sites for hydroxylation is 2. The van der Waals surface area contributed by atoms with E-state index in [1.807, 2.05) is 13.8 Å². The first-order valence-electron chi connectivity index (χ1n) is 10.9. The van der Waals surface area contributed by atoms with Crippen molar-refractivity contribution in [2.24, 2.45) is 10.1 Å². The molecule has 2 aromatic rings. The average Bonchev–Trinajstić information content (AvgIpc) is 3.11. The Balaban J connectivity index is 1.91. The van der Waals surface area contributed by atoms with E-state index in [4.69, 9.17) is 15.5 Å². The minimum absolute atomic E-state index is 0.0554. The van der Waals surface area contributed by atoms with Crippen molar-refractivity contribution in [3.63, 3.8) is 0 Å². The highest BCUT2D eigenvalue weighted by molar-refractivity contribution is 6.71. The number of hydrogen-bond donors (Lipinski definition) is 3. The molecule has 0 bridgehead atoms. The van der Waals surface area contributed by atoms with Gasteiger partial charge in [-0.2, -0.15) is 10.1 Å². The highest BCUT2D eigenvalue weighted by Gasteiger charge is 2.31. The SMILES string of the molecule is C=C(CN(CCC(=O)O)c1cc(C)c(/N=C2/C(=O)N(c3ccc(C(=O)O)cc3)N=C2C)c(C)c1)OO. The van der Waals surface area contributed by atoms with E-state index in [1.54, 1.807) is 24.0 Å². The minimum Gasteiger partial charge on any atom is -0.481 e. The molecular weight excluding hydrogens is 468 g/mol. The molecule has 0 atom stereocenters. The maximum Gasteiger partial charge on any atom is 0.335 e. The molecule has 0 saturated heterocycles. The molecule has 36 heavy (non-hydrogen) atoms. The quantitative estimate of drug-likeness (QED) is 0.256. The zero-order valence-corrected chi connectivity index (χ0v) is 20.1. The maximum atomic E-state index is 13.1. The van der Waals surface area contributed by atoms with Gasteiger partial charge in [0, 0.05) is 12.2 Å². The topological polar surface area (TPSA) is 152 Å². The highest BCUT2D eigenvalue weighted by Crippen LogP contribution is 2.31. The number of benzene rings is 2. The fourth-order valence-electron chi connectivity index (χ4n) is 3.72. The van der Waals surface area contributed by atoms with Crippen molar-refractivity contribution < 1.29 is 34.7 Å². The molecule has 0 fully saturated rings. The summed E-state index contributed by atoms with van der Waals surface area (Å²) in [5.74, 6) is -2.43. The van der Waals surface area contributed by atoms with E-state index in [9.17, 15) is 14.4 Å². The molecule has 0 radical (unpaired) electrons. The number of hydrogen-bond acceptors (Lipinski definition) is 8. The lowest BCUT2D eigenvalue weighted by Gasteiger charge is -2.25. The Hall–Kier alpha value is -4.51. The summed E-state index contributed by atoms with van der Waals surface area (Å²) in [4.78, 5) is 45.8. The third-order valence-electron chi connectivity index (χ3n) is 5.50. The smallest absolute Gasteiger partial charge is 0.335 e. The second kappa shape index (κ2) is 10.8. The normalized spacial score (nSPS) is 14.1. The molecule has 1 amide bonds. The molecule has 1 aliphatic heterocycles. The summed E-state index contributed by atoms with van der Waals surface area (Å²) in [5.41, 5.74) is 3.78. The van der Waals surface area contributed by atoms with Gasteiger partial charge < -0.3 is 20.0 Å². The largest absolute Gasteiger partial charge is 0.481 e.